The van der Waals surface area contributed by atoms with Gasteiger partial charge in [-0.05, 0) is 6.92 Å². The number of rotatable bonds is 5. The SMILES string of the molecule is CCCC[Si](C)c1cc(C)cc([Si](C)(C)C)c1. The van der Waals surface area contributed by atoms with Gasteiger partial charge in [-0.25, -0.2) is 0 Å². The average Bonchev–Trinajstić information content (AvgIpc) is 2.23. The fourth-order valence-corrected chi connectivity index (χ4v) is 5.49. The Morgan fingerprint density at radius 3 is 2.29 bits per heavy atom. The third-order valence-electron chi connectivity index (χ3n) is 3.34. The predicted octanol–water partition coefficient (Wildman–Crippen LogP) is 3.67. The molecule has 0 aliphatic rings. The molecule has 0 N–H and O–H groups in total. The minimum absolute atomic E-state index is 0.311. The Morgan fingerprint density at radius 1 is 1.12 bits per heavy atom. The van der Waals surface area contributed by atoms with Crippen molar-refractivity contribution in [3.63, 3.8) is 0 Å². The van der Waals surface area contributed by atoms with E-state index in [1.54, 1.807) is 10.4 Å². The number of benzene rings is 1. The molecular formula is C15H27Si2. The molecule has 0 heterocycles. The van der Waals surface area contributed by atoms with Crippen LogP contribution in [0.5, 0.6) is 0 Å². The lowest BCUT2D eigenvalue weighted by Gasteiger charge is -2.20. The first-order chi connectivity index (χ1) is 7.84. The topological polar surface area (TPSA) is 0 Å². The Kier molecular flexibility index (Phi) is 5.20. The van der Waals surface area contributed by atoms with E-state index < -0.39 is 8.07 Å². The summed E-state index contributed by atoms with van der Waals surface area (Å²) < 4.78 is 0. The first-order valence-corrected chi connectivity index (χ1v) is 12.5. The second kappa shape index (κ2) is 6.01. The lowest BCUT2D eigenvalue weighted by Crippen LogP contribution is -2.41. The number of hydrogen-bond acceptors (Lipinski definition) is 0. The maximum Gasteiger partial charge on any atom is 0.0824 e. The third kappa shape index (κ3) is 4.43. The van der Waals surface area contributed by atoms with Crippen LogP contribution in [0.1, 0.15) is 25.3 Å². The fourth-order valence-electron chi connectivity index (χ4n) is 2.05. The van der Waals surface area contributed by atoms with Crippen molar-refractivity contribution in [2.24, 2.45) is 0 Å². The summed E-state index contributed by atoms with van der Waals surface area (Å²) in [4.78, 5) is 0. The van der Waals surface area contributed by atoms with E-state index in [1.807, 2.05) is 0 Å². The highest BCUT2D eigenvalue weighted by molar-refractivity contribution is 6.89. The molecule has 17 heavy (non-hydrogen) atoms. The van der Waals surface area contributed by atoms with Gasteiger partial charge in [0.25, 0.3) is 0 Å². The van der Waals surface area contributed by atoms with Crippen molar-refractivity contribution in [2.75, 3.05) is 0 Å². The second-order valence-electron chi connectivity index (χ2n) is 6.22. The zero-order chi connectivity index (χ0) is 13.1. The molecule has 0 spiro atoms. The van der Waals surface area contributed by atoms with Crippen LogP contribution in [0.3, 0.4) is 0 Å². The molecule has 1 aromatic carbocycles. The van der Waals surface area contributed by atoms with Gasteiger partial charge in [-0.3, -0.25) is 0 Å². The zero-order valence-corrected chi connectivity index (χ0v) is 14.4. The van der Waals surface area contributed by atoms with Crippen molar-refractivity contribution in [1.29, 1.82) is 0 Å². The van der Waals surface area contributed by atoms with Gasteiger partial charge in [-0.2, -0.15) is 0 Å². The quantitative estimate of drug-likeness (QED) is 0.711. The fraction of sp³-hybridized carbons (Fsp3) is 0.600. The largest absolute Gasteiger partial charge is 0.0824 e. The molecule has 0 saturated heterocycles. The lowest BCUT2D eigenvalue weighted by molar-refractivity contribution is 0.876. The number of unbranched alkanes of at least 4 members (excludes halogenated alkanes) is 1. The van der Waals surface area contributed by atoms with E-state index in [1.165, 1.54) is 24.4 Å². The van der Waals surface area contributed by atoms with Gasteiger partial charge >= 0.3 is 0 Å². The molecule has 0 fully saturated rings. The van der Waals surface area contributed by atoms with Crippen LogP contribution in [-0.4, -0.2) is 16.9 Å². The first-order valence-electron chi connectivity index (χ1n) is 6.79. The molecule has 0 unspecified atom stereocenters. The highest BCUT2D eigenvalue weighted by Gasteiger charge is 2.18. The molecule has 2 heteroatoms. The summed E-state index contributed by atoms with van der Waals surface area (Å²) in [7, 11) is -1.47. The highest BCUT2D eigenvalue weighted by Crippen LogP contribution is 2.07. The van der Waals surface area contributed by atoms with Crippen molar-refractivity contribution in [3.8, 4) is 0 Å². The van der Waals surface area contributed by atoms with Crippen LogP contribution < -0.4 is 10.4 Å². The number of aryl methyl sites for hydroxylation is 1. The van der Waals surface area contributed by atoms with E-state index in [9.17, 15) is 0 Å². The van der Waals surface area contributed by atoms with Crippen molar-refractivity contribution in [1.82, 2.24) is 0 Å². The smallest absolute Gasteiger partial charge is 0.0669 e. The Bertz CT molecular complexity index is 364. The van der Waals surface area contributed by atoms with Crippen molar-refractivity contribution >= 4 is 27.2 Å². The molecule has 1 aromatic rings. The van der Waals surface area contributed by atoms with Crippen LogP contribution >= 0.6 is 0 Å². The Labute approximate surface area is 110 Å². The minimum atomic E-state index is -1.16. The van der Waals surface area contributed by atoms with Gasteiger partial charge in [0.15, 0.2) is 0 Å². The summed E-state index contributed by atoms with van der Waals surface area (Å²) in [6.45, 7) is 14.4. The molecular weight excluding hydrogens is 236 g/mol. The van der Waals surface area contributed by atoms with Crippen LogP contribution in [0.2, 0.25) is 32.2 Å². The van der Waals surface area contributed by atoms with Crippen molar-refractivity contribution in [3.05, 3.63) is 23.8 Å². The Hall–Kier alpha value is -0.346. The summed E-state index contributed by atoms with van der Waals surface area (Å²) >= 11 is 0. The molecule has 0 aliphatic heterocycles. The first kappa shape index (κ1) is 14.7. The van der Waals surface area contributed by atoms with Crippen molar-refractivity contribution < 1.29 is 0 Å². The maximum atomic E-state index is 2.52. The van der Waals surface area contributed by atoms with Gasteiger partial charge in [0, 0.05) is 0 Å². The summed E-state index contributed by atoms with van der Waals surface area (Å²) in [5.74, 6) is 0. The molecule has 0 atom stereocenters. The number of hydrogen-bond donors (Lipinski definition) is 0. The Balaban J connectivity index is 2.97. The maximum absolute atomic E-state index is 2.52. The molecule has 0 aliphatic carbocycles. The van der Waals surface area contributed by atoms with Gasteiger partial charge < -0.3 is 0 Å². The average molecular weight is 264 g/mol. The lowest BCUT2D eigenvalue weighted by atomic mass is 10.2. The van der Waals surface area contributed by atoms with Gasteiger partial charge in [0.1, 0.15) is 0 Å². The highest BCUT2D eigenvalue weighted by atomic mass is 28.3. The van der Waals surface area contributed by atoms with Crippen LogP contribution in [0.4, 0.5) is 0 Å². The molecule has 0 amide bonds. The van der Waals surface area contributed by atoms with E-state index in [4.69, 9.17) is 0 Å². The van der Waals surface area contributed by atoms with Gasteiger partial charge in [0.05, 0.1) is 16.9 Å². The van der Waals surface area contributed by atoms with E-state index in [2.05, 4.69) is 58.2 Å². The van der Waals surface area contributed by atoms with E-state index in [0.717, 1.165) is 0 Å². The molecule has 0 bridgehead atoms. The molecule has 0 saturated carbocycles. The van der Waals surface area contributed by atoms with Crippen LogP contribution in [0.25, 0.3) is 0 Å². The van der Waals surface area contributed by atoms with E-state index >= 15 is 0 Å². The standard InChI is InChI=1S/C15H27Si2/c1-7-8-9-16(3)14-10-13(2)11-15(12-14)17(4,5)6/h10-12H,7-9H2,1-6H3. The Morgan fingerprint density at radius 2 is 1.76 bits per heavy atom. The normalized spacial score (nSPS) is 12.2. The molecule has 1 radical (unpaired) electrons. The molecule has 0 nitrogen and oxygen atoms in total. The van der Waals surface area contributed by atoms with E-state index in [-0.39, 0.29) is 8.80 Å². The van der Waals surface area contributed by atoms with E-state index in [0.29, 0.717) is 0 Å². The monoisotopic (exact) mass is 263 g/mol. The molecule has 95 valence electrons. The summed E-state index contributed by atoms with van der Waals surface area (Å²) in [6, 6.07) is 8.78. The van der Waals surface area contributed by atoms with Gasteiger partial charge in [-0.1, -0.05) is 86.1 Å². The molecule has 1 rings (SSSR count). The van der Waals surface area contributed by atoms with Gasteiger partial charge in [0.2, 0.25) is 0 Å². The van der Waals surface area contributed by atoms with Crippen LogP contribution in [0, 0.1) is 6.92 Å². The van der Waals surface area contributed by atoms with Gasteiger partial charge in [-0.15, -0.1) is 0 Å². The summed E-state index contributed by atoms with van der Waals surface area (Å²) in [5.41, 5.74) is 1.46. The molecule has 0 aromatic heterocycles. The summed E-state index contributed by atoms with van der Waals surface area (Å²) in [5, 5.41) is 3.29. The minimum Gasteiger partial charge on any atom is -0.0669 e. The second-order valence-corrected chi connectivity index (χ2v) is 13.9. The van der Waals surface area contributed by atoms with Crippen molar-refractivity contribution in [2.45, 2.75) is 58.9 Å². The third-order valence-corrected chi connectivity index (χ3v) is 7.74. The predicted molar refractivity (Wildman–Crippen MR) is 85.1 cm³/mol. The summed E-state index contributed by atoms with van der Waals surface area (Å²) in [6.07, 6.45) is 2.72. The zero-order valence-electron chi connectivity index (χ0n) is 12.4. The van der Waals surface area contributed by atoms with Crippen LogP contribution in [-0.2, 0) is 0 Å². The van der Waals surface area contributed by atoms with Crippen LogP contribution in [0.15, 0.2) is 18.2 Å².